The van der Waals surface area contributed by atoms with E-state index in [0.717, 1.165) is 26.2 Å². The van der Waals surface area contributed by atoms with Crippen LogP contribution in [0.15, 0.2) is 24.3 Å². The lowest BCUT2D eigenvalue weighted by molar-refractivity contribution is -0.0380. The Labute approximate surface area is 121 Å². The van der Waals surface area contributed by atoms with Crippen molar-refractivity contribution in [2.75, 3.05) is 26.2 Å². The highest BCUT2D eigenvalue weighted by Crippen LogP contribution is 2.16. The van der Waals surface area contributed by atoms with Gasteiger partial charge in [-0.2, -0.15) is 0 Å². The molecule has 1 aliphatic heterocycles. The zero-order valence-corrected chi connectivity index (χ0v) is 12.6. The monoisotopic (exact) mass is 280 g/mol. The number of ether oxygens (including phenoxy) is 1. The lowest BCUT2D eigenvalue weighted by Crippen LogP contribution is -2.49. The van der Waals surface area contributed by atoms with Crippen LogP contribution in [-0.4, -0.2) is 43.3 Å². The van der Waals surface area contributed by atoms with E-state index in [1.54, 1.807) is 6.07 Å². The van der Waals surface area contributed by atoms with Gasteiger partial charge in [-0.3, -0.25) is 4.90 Å². The number of halogens is 1. The SMILES string of the molecule is CC(NCC1CN(C(C)C)CCO1)c1ccccc1F. The minimum Gasteiger partial charge on any atom is -0.374 e. The van der Waals surface area contributed by atoms with Crippen molar-refractivity contribution in [1.29, 1.82) is 0 Å². The first-order valence-corrected chi connectivity index (χ1v) is 7.41. The number of benzene rings is 1. The second-order valence-electron chi connectivity index (χ2n) is 5.73. The molecule has 0 bridgehead atoms. The molecule has 0 aromatic heterocycles. The van der Waals surface area contributed by atoms with Gasteiger partial charge < -0.3 is 10.1 Å². The van der Waals surface area contributed by atoms with Gasteiger partial charge in [0, 0.05) is 37.3 Å². The summed E-state index contributed by atoms with van der Waals surface area (Å²) in [6, 6.07) is 7.46. The summed E-state index contributed by atoms with van der Waals surface area (Å²) in [5, 5.41) is 3.38. The molecule has 112 valence electrons. The summed E-state index contributed by atoms with van der Waals surface area (Å²) >= 11 is 0. The Hall–Kier alpha value is -0.970. The maximum Gasteiger partial charge on any atom is 0.127 e. The lowest BCUT2D eigenvalue weighted by Gasteiger charge is -2.36. The third kappa shape index (κ3) is 4.01. The molecule has 20 heavy (non-hydrogen) atoms. The van der Waals surface area contributed by atoms with Crippen LogP contribution < -0.4 is 5.32 Å². The van der Waals surface area contributed by atoms with Crippen molar-refractivity contribution in [3.05, 3.63) is 35.6 Å². The molecular weight excluding hydrogens is 255 g/mol. The molecule has 1 aromatic carbocycles. The predicted octanol–water partition coefficient (Wildman–Crippen LogP) is 2.59. The van der Waals surface area contributed by atoms with Gasteiger partial charge in [0.25, 0.3) is 0 Å². The highest BCUT2D eigenvalue weighted by molar-refractivity contribution is 5.20. The van der Waals surface area contributed by atoms with E-state index in [1.165, 1.54) is 6.07 Å². The summed E-state index contributed by atoms with van der Waals surface area (Å²) in [6.07, 6.45) is 0.181. The smallest absolute Gasteiger partial charge is 0.127 e. The van der Waals surface area contributed by atoms with Crippen molar-refractivity contribution in [2.24, 2.45) is 0 Å². The van der Waals surface area contributed by atoms with Crippen LogP contribution >= 0.6 is 0 Å². The van der Waals surface area contributed by atoms with Crippen LogP contribution in [0.1, 0.15) is 32.4 Å². The molecule has 2 atom stereocenters. The summed E-state index contributed by atoms with van der Waals surface area (Å²) in [5.41, 5.74) is 0.712. The van der Waals surface area contributed by atoms with E-state index in [0.29, 0.717) is 11.6 Å². The Kier molecular flexibility index (Phi) is 5.52. The average Bonchev–Trinajstić information content (AvgIpc) is 2.45. The molecule has 1 aliphatic rings. The summed E-state index contributed by atoms with van der Waals surface area (Å²) in [7, 11) is 0. The molecule has 0 spiro atoms. The van der Waals surface area contributed by atoms with Gasteiger partial charge in [0.1, 0.15) is 5.82 Å². The van der Waals surface area contributed by atoms with Gasteiger partial charge in [-0.15, -0.1) is 0 Å². The van der Waals surface area contributed by atoms with Gasteiger partial charge in [-0.05, 0) is 26.8 Å². The van der Waals surface area contributed by atoms with Crippen molar-refractivity contribution < 1.29 is 9.13 Å². The van der Waals surface area contributed by atoms with Crippen LogP contribution in [-0.2, 0) is 4.74 Å². The van der Waals surface area contributed by atoms with E-state index in [2.05, 4.69) is 24.1 Å². The third-order valence-electron chi connectivity index (χ3n) is 3.92. The molecule has 1 heterocycles. The van der Waals surface area contributed by atoms with Crippen LogP contribution in [0.2, 0.25) is 0 Å². The fourth-order valence-electron chi connectivity index (χ4n) is 2.58. The topological polar surface area (TPSA) is 24.5 Å². The summed E-state index contributed by atoms with van der Waals surface area (Å²) in [6.45, 7) is 9.86. The van der Waals surface area contributed by atoms with Gasteiger partial charge in [-0.25, -0.2) is 4.39 Å². The van der Waals surface area contributed by atoms with Gasteiger partial charge in [0.05, 0.1) is 12.7 Å². The highest BCUT2D eigenvalue weighted by Gasteiger charge is 2.22. The van der Waals surface area contributed by atoms with Gasteiger partial charge in [0.15, 0.2) is 0 Å². The van der Waals surface area contributed by atoms with E-state index >= 15 is 0 Å². The average molecular weight is 280 g/mol. The molecule has 3 nitrogen and oxygen atoms in total. The number of morpholine rings is 1. The van der Waals surface area contributed by atoms with Crippen molar-refractivity contribution in [3.8, 4) is 0 Å². The number of hydrogen-bond acceptors (Lipinski definition) is 3. The fraction of sp³-hybridized carbons (Fsp3) is 0.625. The quantitative estimate of drug-likeness (QED) is 0.897. The molecule has 0 aliphatic carbocycles. The Morgan fingerprint density at radius 2 is 2.10 bits per heavy atom. The first-order valence-electron chi connectivity index (χ1n) is 7.41. The second kappa shape index (κ2) is 7.16. The maximum absolute atomic E-state index is 13.7. The number of hydrogen-bond donors (Lipinski definition) is 1. The Morgan fingerprint density at radius 1 is 1.35 bits per heavy atom. The maximum atomic E-state index is 13.7. The Morgan fingerprint density at radius 3 is 2.80 bits per heavy atom. The van der Waals surface area contributed by atoms with E-state index in [1.807, 2.05) is 19.1 Å². The molecule has 1 aromatic rings. The zero-order chi connectivity index (χ0) is 14.5. The van der Waals surface area contributed by atoms with Gasteiger partial charge in [0.2, 0.25) is 0 Å². The lowest BCUT2D eigenvalue weighted by atomic mass is 10.1. The highest BCUT2D eigenvalue weighted by atomic mass is 19.1. The number of nitrogens with zero attached hydrogens (tertiary/aromatic N) is 1. The molecule has 0 radical (unpaired) electrons. The molecule has 2 unspecified atom stereocenters. The third-order valence-corrected chi connectivity index (χ3v) is 3.92. The molecule has 0 saturated carbocycles. The second-order valence-corrected chi connectivity index (χ2v) is 5.73. The summed E-state index contributed by atoms with van der Waals surface area (Å²) in [5.74, 6) is -0.152. The van der Waals surface area contributed by atoms with Crippen molar-refractivity contribution in [3.63, 3.8) is 0 Å². The van der Waals surface area contributed by atoms with Crippen molar-refractivity contribution >= 4 is 0 Å². The Bertz CT molecular complexity index is 425. The zero-order valence-electron chi connectivity index (χ0n) is 12.6. The standard InChI is InChI=1S/C16H25FN2O/c1-12(2)19-8-9-20-14(11-19)10-18-13(3)15-6-4-5-7-16(15)17/h4-7,12-14,18H,8-11H2,1-3H3. The first-order chi connectivity index (χ1) is 9.58. The summed E-state index contributed by atoms with van der Waals surface area (Å²) < 4.78 is 19.5. The number of rotatable bonds is 5. The largest absolute Gasteiger partial charge is 0.374 e. The number of nitrogens with one attached hydrogen (secondary N) is 1. The Balaban J connectivity index is 1.84. The fourth-order valence-corrected chi connectivity index (χ4v) is 2.58. The molecule has 2 rings (SSSR count). The van der Waals surface area contributed by atoms with Crippen LogP contribution in [0, 0.1) is 5.82 Å². The van der Waals surface area contributed by atoms with Crippen molar-refractivity contribution in [1.82, 2.24) is 10.2 Å². The van der Waals surface area contributed by atoms with E-state index < -0.39 is 0 Å². The van der Waals surface area contributed by atoms with E-state index in [9.17, 15) is 4.39 Å². The van der Waals surface area contributed by atoms with Crippen LogP contribution in [0.25, 0.3) is 0 Å². The first kappa shape index (κ1) is 15.4. The molecule has 1 fully saturated rings. The molecule has 4 heteroatoms. The summed E-state index contributed by atoms with van der Waals surface area (Å²) in [4.78, 5) is 2.42. The van der Waals surface area contributed by atoms with Crippen molar-refractivity contribution in [2.45, 2.75) is 39.0 Å². The van der Waals surface area contributed by atoms with Crippen LogP contribution in [0.5, 0.6) is 0 Å². The van der Waals surface area contributed by atoms with Crippen LogP contribution in [0.3, 0.4) is 0 Å². The van der Waals surface area contributed by atoms with Gasteiger partial charge in [-0.1, -0.05) is 18.2 Å². The van der Waals surface area contributed by atoms with E-state index in [-0.39, 0.29) is 18.0 Å². The molecular formula is C16H25FN2O. The van der Waals surface area contributed by atoms with E-state index in [4.69, 9.17) is 4.74 Å². The van der Waals surface area contributed by atoms with Gasteiger partial charge >= 0.3 is 0 Å². The minimum absolute atomic E-state index is 0.00535. The molecule has 1 N–H and O–H groups in total. The van der Waals surface area contributed by atoms with Crippen LogP contribution in [0.4, 0.5) is 4.39 Å². The normalized spacial score (nSPS) is 22.1. The predicted molar refractivity (Wildman–Crippen MR) is 79.3 cm³/mol. The minimum atomic E-state index is -0.152. The molecule has 0 amide bonds. The molecule has 1 saturated heterocycles.